The average molecular weight is 300 g/mol. The molecule has 1 heterocycles. The molecule has 0 aliphatic heterocycles. The van der Waals surface area contributed by atoms with Crippen molar-refractivity contribution < 1.29 is 22.8 Å². The molecule has 1 aliphatic rings. The van der Waals surface area contributed by atoms with E-state index in [-0.39, 0.29) is 12.2 Å². The number of carbonyl (C=O) groups is 2. The molecule has 0 atom stereocenters. The smallest absolute Gasteiger partial charge is 0.295 e. The van der Waals surface area contributed by atoms with Crippen molar-refractivity contribution in [2.75, 3.05) is 0 Å². The second kappa shape index (κ2) is 5.83. The van der Waals surface area contributed by atoms with Crippen LogP contribution in [0.25, 0.3) is 0 Å². The van der Waals surface area contributed by atoms with Crippen LogP contribution in [0.15, 0.2) is 17.8 Å². The van der Waals surface area contributed by atoms with Gasteiger partial charge in [-0.1, -0.05) is 6.08 Å². The number of rotatable bonds is 3. The zero-order valence-electron chi connectivity index (χ0n) is 11.5. The van der Waals surface area contributed by atoms with E-state index < -0.39 is 23.2 Å². The quantitative estimate of drug-likeness (QED) is 0.806. The van der Waals surface area contributed by atoms with Crippen molar-refractivity contribution in [1.82, 2.24) is 9.78 Å². The SMILES string of the molecule is Cn1ncc(C(=O)CC2=CCCCCC2=O)c1C(F)(F)F. The Kier molecular flexibility index (Phi) is 4.29. The summed E-state index contributed by atoms with van der Waals surface area (Å²) in [7, 11) is 1.13. The number of allylic oxidation sites excluding steroid dienone is 2. The first-order chi connectivity index (χ1) is 9.80. The van der Waals surface area contributed by atoms with E-state index in [0.29, 0.717) is 23.1 Å². The minimum atomic E-state index is -4.65. The van der Waals surface area contributed by atoms with Crippen LogP contribution in [0.4, 0.5) is 13.2 Å². The van der Waals surface area contributed by atoms with Gasteiger partial charge in [0.05, 0.1) is 11.8 Å². The average Bonchev–Trinajstić information content (AvgIpc) is 2.67. The van der Waals surface area contributed by atoms with E-state index in [4.69, 9.17) is 0 Å². The Morgan fingerprint density at radius 2 is 2.10 bits per heavy atom. The molecule has 1 aliphatic carbocycles. The minimum absolute atomic E-state index is 0.154. The lowest BCUT2D eigenvalue weighted by molar-refractivity contribution is -0.144. The van der Waals surface area contributed by atoms with E-state index in [9.17, 15) is 22.8 Å². The molecule has 0 N–H and O–H groups in total. The lowest BCUT2D eigenvalue weighted by atomic mass is 9.99. The third-order valence-corrected chi connectivity index (χ3v) is 3.47. The Labute approximate surface area is 119 Å². The Bertz CT molecular complexity index is 600. The fraction of sp³-hybridized carbons (Fsp3) is 0.500. The molecule has 0 fully saturated rings. The molecule has 21 heavy (non-hydrogen) atoms. The van der Waals surface area contributed by atoms with E-state index in [1.165, 1.54) is 0 Å². The summed E-state index contributed by atoms with van der Waals surface area (Å²) in [6, 6.07) is 0. The zero-order chi connectivity index (χ0) is 15.6. The van der Waals surface area contributed by atoms with Crippen molar-refractivity contribution in [1.29, 1.82) is 0 Å². The third-order valence-electron chi connectivity index (χ3n) is 3.47. The Morgan fingerprint density at radius 3 is 2.76 bits per heavy atom. The Balaban J connectivity index is 2.25. The summed E-state index contributed by atoms with van der Waals surface area (Å²) < 4.78 is 39.4. The summed E-state index contributed by atoms with van der Waals surface area (Å²) in [5.41, 5.74) is -1.24. The molecule has 1 aromatic heterocycles. The highest BCUT2D eigenvalue weighted by Crippen LogP contribution is 2.32. The van der Waals surface area contributed by atoms with Gasteiger partial charge in [0.2, 0.25) is 0 Å². The van der Waals surface area contributed by atoms with Crippen molar-refractivity contribution in [2.24, 2.45) is 7.05 Å². The van der Waals surface area contributed by atoms with Gasteiger partial charge < -0.3 is 0 Å². The fourth-order valence-corrected chi connectivity index (χ4v) is 2.40. The van der Waals surface area contributed by atoms with Crippen molar-refractivity contribution in [2.45, 2.75) is 38.3 Å². The van der Waals surface area contributed by atoms with Crippen molar-refractivity contribution in [3.05, 3.63) is 29.1 Å². The maximum atomic E-state index is 12.9. The van der Waals surface area contributed by atoms with Crippen LogP contribution >= 0.6 is 0 Å². The molecule has 0 saturated heterocycles. The second-order valence-electron chi connectivity index (χ2n) is 5.03. The minimum Gasteiger partial charge on any atom is -0.295 e. The van der Waals surface area contributed by atoms with E-state index in [0.717, 1.165) is 26.1 Å². The number of ketones is 2. The molecule has 0 aromatic carbocycles. The van der Waals surface area contributed by atoms with Crippen LogP contribution in [0.2, 0.25) is 0 Å². The van der Waals surface area contributed by atoms with Gasteiger partial charge in [0, 0.05) is 19.9 Å². The molecule has 0 saturated carbocycles. The molecule has 7 heteroatoms. The molecular formula is C14H15F3N2O2. The van der Waals surface area contributed by atoms with Crippen LogP contribution in [-0.2, 0) is 18.0 Å². The van der Waals surface area contributed by atoms with Crippen LogP contribution < -0.4 is 0 Å². The monoisotopic (exact) mass is 300 g/mol. The first kappa shape index (κ1) is 15.5. The highest BCUT2D eigenvalue weighted by Gasteiger charge is 2.39. The van der Waals surface area contributed by atoms with Gasteiger partial charge >= 0.3 is 6.18 Å². The van der Waals surface area contributed by atoms with Crippen LogP contribution in [0.1, 0.15) is 48.2 Å². The lowest BCUT2D eigenvalue weighted by Gasteiger charge is -2.09. The maximum absolute atomic E-state index is 12.9. The molecule has 0 unspecified atom stereocenters. The fourth-order valence-electron chi connectivity index (χ4n) is 2.40. The highest BCUT2D eigenvalue weighted by molar-refractivity contribution is 6.06. The van der Waals surface area contributed by atoms with Gasteiger partial charge in [0.25, 0.3) is 0 Å². The van der Waals surface area contributed by atoms with Crippen LogP contribution in [0.5, 0.6) is 0 Å². The van der Waals surface area contributed by atoms with Gasteiger partial charge in [0.1, 0.15) is 0 Å². The summed E-state index contributed by atoms with van der Waals surface area (Å²) >= 11 is 0. The van der Waals surface area contributed by atoms with Crippen molar-refractivity contribution in [3.8, 4) is 0 Å². The number of alkyl halides is 3. The number of Topliss-reactive ketones (excluding diaryl/α,β-unsaturated/α-hetero) is 2. The van der Waals surface area contributed by atoms with Gasteiger partial charge in [-0.25, -0.2) is 0 Å². The number of hydrogen-bond donors (Lipinski definition) is 0. The normalized spacial score (nSPS) is 16.6. The summed E-state index contributed by atoms with van der Waals surface area (Å²) in [6.45, 7) is 0. The van der Waals surface area contributed by atoms with Crippen LogP contribution in [-0.4, -0.2) is 21.3 Å². The van der Waals surface area contributed by atoms with Gasteiger partial charge in [-0.3, -0.25) is 14.3 Å². The standard InChI is InChI=1S/C14H15F3N2O2/c1-19-13(14(15,16)17)10(8-18-19)12(21)7-9-5-3-2-4-6-11(9)20/h5,8H,2-4,6-7H2,1H3. The molecule has 4 nitrogen and oxygen atoms in total. The largest absolute Gasteiger partial charge is 0.433 e. The van der Waals surface area contributed by atoms with Crippen molar-refractivity contribution in [3.63, 3.8) is 0 Å². The molecular weight excluding hydrogens is 285 g/mol. The van der Waals surface area contributed by atoms with Crippen LogP contribution in [0, 0.1) is 0 Å². The summed E-state index contributed by atoms with van der Waals surface area (Å²) in [5, 5.41) is 3.51. The number of halogens is 3. The number of aryl methyl sites for hydroxylation is 1. The van der Waals surface area contributed by atoms with Gasteiger partial charge in [0.15, 0.2) is 17.3 Å². The molecule has 0 radical (unpaired) electrons. The molecule has 1 aromatic rings. The summed E-state index contributed by atoms with van der Waals surface area (Å²) in [5.74, 6) is -0.879. The van der Waals surface area contributed by atoms with E-state index in [1.807, 2.05) is 0 Å². The Morgan fingerprint density at radius 1 is 1.38 bits per heavy atom. The number of carbonyl (C=O) groups excluding carboxylic acids is 2. The lowest BCUT2D eigenvalue weighted by Crippen LogP contribution is -2.17. The predicted molar refractivity (Wildman–Crippen MR) is 68.7 cm³/mol. The van der Waals surface area contributed by atoms with E-state index in [1.54, 1.807) is 6.08 Å². The third kappa shape index (κ3) is 3.40. The van der Waals surface area contributed by atoms with Gasteiger partial charge in [-0.15, -0.1) is 0 Å². The number of hydrogen-bond acceptors (Lipinski definition) is 3. The van der Waals surface area contributed by atoms with Crippen LogP contribution in [0.3, 0.4) is 0 Å². The second-order valence-corrected chi connectivity index (χ2v) is 5.03. The molecule has 2 rings (SSSR count). The molecule has 0 spiro atoms. The summed E-state index contributed by atoms with van der Waals surface area (Å²) in [4.78, 5) is 23.9. The first-order valence-corrected chi connectivity index (χ1v) is 6.65. The summed E-state index contributed by atoms with van der Waals surface area (Å²) in [6.07, 6.45) is 0.235. The zero-order valence-corrected chi connectivity index (χ0v) is 11.5. The Hall–Kier alpha value is -1.92. The molecule has 0 amide bonds. The molecule has 0 bridgehead atoms. The maximum Gasteiger partial charge on any atom is 0.433 e. The first-order valence-electron chi connectivity index (χ1n) is 6.65. The predicted octanol–water partition coefficient (Wildman–Crippen LogP) is 3.08. The molecule has 114 valence electrons. The van der Waals surface area contributed by atoms with Gasteiger partial charge in [-0.2, -0.15) is 18.3 Å². The highest BCUT2D eigenvalue weighted by atomic mass is 19.4. The van der Waals surface area contributed by atoms with E-state index >= 15 is 0 Å². The van der Waals surface area contributed by atoms with Gasteiger partial charge in [-0.05, 0) is 24.8 Å². The number of nitrogens with zero attached hydrogens (tertiary/aromatic N) is 2. The van der Waals surface area contributed by atoms with E-state index in [2.05, 4.69) is 5.10 Å². The number of aromatic nitrogens is 2. The topological polar surface area (TPSA) is 52.0 Å². The van der Waals surface area contributed by atoms with Crippen molar-refractivity contribution >= 4 is 11.6 Å².